The lowest BCUT2D eigenvalue weighted by Gasteiger charge is -1.97. The van der Waals surface area contributed by atoms with Gasteiger partial charge in [-0.2, -0.15) is 0 Å². The average molecular weight is 365 g/mol. The van der Waals surface area contributed by atoms with E-state index in [1.54, 1.807) is 6.92 Å². The first-order valence-corrected chi connectivity index (χ1v) is 9.79. The van der Waals surface area contributed by atoms with Gasteiger partial charge in [0.2, 0.25) is 0 Å². The van der Waals surface area contributed by atoms with Gasteiger partial charge in [-0.15, -0.1) is 24.2 Å². The lowest BCUT2D eigenvalue weighted by atomic mass is 10.1. The molecule has 146 valence electrons. The van der Waals surface area contributed by atoms with Crippen LogP contribution in [0.15, 0.2) is 60.8 Å². The van der Waals surface area contributed by atoms with Gasteiger partial charge in [-0.05, 0) is 38.5 Å². The summed E-state index contributed by atoms with van der Waals surface area (Å²) in [6.45, 7) is 5.96. The van der Waals surface area contributed by atoms with Crippen LogP contribution in [0.2, 0.25) is 0 Å². The van der Waals surface area contributed by atoms with E-state index in [4.69, 9.17) is 0 Å². The summed E-state index contributed by atoms with van der Waals surface area (Å²) in [7, 11) is 0. The zero-order chi connectivity index (χ0) is 20.4. The maximum atomic E-state index is 10.2. The molecule has 1 nitrogen and oxygen atoms in total. The average Bonchev–Trinajstić information content (AvgIpc) is 2.66. The van der Waals surface area contributed by atoms with Gasteiger partial charge >= 0.3 is 0 Å². The molecule has 1 heteroatoms. The minimum Gasteiger partial charge on any atom is -0.303 e. The molecule has 0 amide bonds. The summed E-state index contributed by atoms with van der Waals surface area (Å²) < 4.78 is 0. The van der Waals surface area contributed by atoms with Crippen molar-refractivity contribution in [1.82, 2.24) is 0 Å². The molecule has 0 fully saturated rings. The molecule has 0 aromatic heterocycles. The van der Waals surface area contributed by atoms with Gasteiger partial charge in [-0.3, -0.25) is 0 Å². The second-order valence-corrected chi connectivity index (χ2v) is 5.89. The van der Waals surface area contributed by atoms with Crippen molar-refractivity contribution in [2.45, 2.75) is 65.7 Å². The Morgan fingerprint density at radius 1 is 0.889 bits per heavy atom. The maximum Gasteiger partial charge on any atom is 0.120 e. The first-order valence-electron chi connectivity index (χ1n) is 9.79. The van der Waals surface area contributed by atoms with E-state index in [1.807, 2.05) is 0 Å². The molecule has 27 heavy (non-hydrogen) atoms. The normalized spacial score (nSPS) is 12.2. The molecule has 1 atom stereocenters. The molecule has 1 unspecified atom stereocenters. The summed E-state index contributed by atoms with van der Waals surface area (Å²) in [4.78, 5) is 10.2. The van der Waals surface area contributed by atoms with Gasteiger partial charge < -0.3 is 4.79 Å². The number of hydrogen-bond donors (Lipinski definition) is 0. The number of rotatable bonds is 12. The minimum absolute atomic E-state index is 0.443. The van der Waals surface area contributed by atoms with Crippen molar-refractivity contribution >= 4 is 6.29 Å². The highest BCUT2D eigenvalue weighted by atomic mass is 16.1. The number of hydrogen-bond acceptors (Lipinski definition) is 1. The van der Waals surface area contributed by atoms with Crippen molar-refractivity contribution in [3.05, 3.63) is 60.8 Å². The SMILES string of the molecule is C#CC.CC/C=C\CC/C=C/C=C\C/C=C\C=C\C(C)CC#CCCC=O. The van der Waals surface area contributed by atoms with Gasteiger partial charge in [-0.1, -0.05) is 74.6 Å². The summed E-state index contributed by atoms with van der Waals surface area (Å²) in [6, 6.07) is 0. The minimum atomic E-state index is 0.443. The van der Waals surface area contributed by atoms with Crippen LogP contribution in [0.25, 0.3) is 0 Å². The topological polar surface area (TPSA) is 17.1 Å². The third-order valence-electron chi connectivity index (χ3n) is 3.18. The fraction of sp³-hybridized carbons (Fsp3) is 0.423. The van der Waals surface area contributed by atoms with E-state index in [-0.39, 0.29) is 0 Å². The third-order valence-corrected chi connectivity index (χ3v) is 3.18. The molecule has 0 aromatic rings. The third kappa shape index (κ3) is 28.6. The predicted molar refractivity (Wildman–Crippen MR) is 121 cm³/mol. The monoisotopic (exact) mass is 364 g/mol. The first-order chi connectivity index (χ1) is 13.2. The molecule has 0 radical (unpaired) electrons. The van der Waals surface area contributed by atoms with E-state index in [0.717, 1.165) is 38.4 Å². The lowest BCUT2D eigenvalue weighted by Crippen LogP contribution is -1.85. The van der Waals surface area contributed by atoms with Crippen molar-refractivity contribution in [1.29, 1.82) is 0 Å². The first kappa shape index (κ1) is 26.7. The Hall–Kier alpha value is -2.51. The highest BCUT2D eigenvalue weighted by molar-refractivity contribution is 5.49. The molecule has 0 rings (SSSR count). The summed E-state index contributed by atoms with van der Waals surface area (Å²) in [5, 5.41) is 0. The van der Waals surface area contributed by atoms with Crippen molar-refractivity contribution < 1.29 is 4.79 Å². The fourth-order valence-corrected chi connectivity index (χ4v) is 1.82. The zero-order valence-electron chi connectivity index (χ0n) is 17.4. The van der Waals surface area contributed by atoms with Gasteiger partial charge in [0.05, 0.1) is 0 Å². The van der Waals surface area contributed by atoms with Crippen molar-refractivity contribution in [3.8, 4) is 24.2 Å². The van der Waals surface area contributed by atoms with Gasteiger partial charge in [0, 0.05) is 19.3 Å². The summed E-state index contributed by atoms with van der Waals surface area (Å²) >= 11 is 0. The summed E-state index contributed by atoms with van der Waals surface area (Å²) in [5.41, 5.74) is 0. The highest BCUT2D eigenvalue weighted by Gasteiger charge is 1.90. The molecule has 0 aliphatic rings. The Morgan fingerprint density at radius 2 is 1.52 bits per heavy atom. The molecule has 0 N–H and O–H groups in total. The molecule has 0 aromatic carbocycles. The lowest BCUT2D eigenvalue weighted by molar-refractivity contribution is -0.107. The Labute approximate surface area is 168 Å². The standard InChI is InChI=1S/C23H32O.C3H4/c1-3-4-5-6-7-8-9-10-11-12-13-14-17-20-23(2)21-18-15-16-19-22-24;1-3-2/h4-5,8-11,13-14,17,20,22-23H,3,6-7,12,16,19,21H2,1-2H3;1H,2H3/b5-4-,9-8+,11-10-,14-13-,20-17+;. The quantitative estimate of drug-likeness (QED) is 0.120. The fourth-order valence-electron chi connectivity index (χ4n) is 1.82. The van der Waals surface area contributed by atoms with Crippen molar-refractivity contribution in [3.63, 3.8) is 0 Å². The Morgan fingerprint density at radius 3 is 2.19 bits per heavy atom. The molecule has 0 spiro atoms. The van der Waals surface area contributed by atoms with E-state index >= 15 is 0 Å². The van der Waals surface area contributed by atoms with Crippen LogP contribution in [0, 0.1) is 30.1 Å². The molecule has 0 aliphatic heterocycles. The maximum absolute atomic E-state index is 10.2. The van der Waals surface area contributed by atoms with E-state index in [9.17, 15) is 4.79 Å². The van der Waals surface area contributed by atoms with Gasteiger partial charge in [0.1, 0.15) is 6.29 Å². The molecule has 0 aliphatic carbocycles. The number of carbonyl (C=O) groups is 1. The molecule has 0 saturated heterocycles. The number of aldehydes is 1. The zero-order valence-corrected chi connectivity index (χ0v) is 17.4. The Bertz CT molecular complexity index is 568. The van der Waals surface area contributed by atoms with Crippen LogP contribution in [0.3, 0.4) is 0 Å². The van der Waals surface area contributed by atoms with Crippen LogP contribution in [0.4, 0.5) is 0 Å². The Kier molecular flexibility index (Phi) is 25.5. The van der Waals surface area contributed by atoms with Gasteiger partial charge in [0.15, 0.2) is 0 Å². The van der Waals surface area contributed by atoms with Crippen LogP contribution in [-0.4, -0.2) is 6.29 Å². The highest BCUT2D eigenvalue weighted by Crippen LogP contribution is 2.02. The number of terminal acetylenes is 1. The number of allylic oxidation sites excluding steroid dienone is 10. The van der Waals surface area contributed by atoms with Crippen molar-refractivity contribution in [2.75, 3.05) is 0 Å². The number of carbonyl (C=O) groups excluding carboxylic acids is 1. The second-order valence-electron chi connectivity index (χ2n) is 5.89. The van der Waals surface area contributed by atoms with Crippen LogP contribution >= 0.6 is 0 Å². The molecule has 0 saturated carbocycles. The Balaban J connectivity index is 0. The van der Waals surface area contributed by atoms with Gasteiger partial charge in [-0.25, -0.2) is 0 Å². The smallest absolute Gasteiger partial charge is 0.120 e. The van der Waals surface area contributed by atoms with E-state index in [1.165, 1.54) is 0 Å². The van der Waals surface area contributed by atoms with E-state index < -0.39 is 0 Å². The second kappa shape index (κ2) is 25.7. The van der Waals surface area contributed by atoms with E-state index in [2.05, 4.69) is 98.8 Å². The largest absolute Gasteiger partial charge is 0.303 e. The van der Waals surface area contributed by atoms with Crippen LogP contribution in [0.5, 0.6) is 0 Å². The predicted octanol–water partition coefficient (Wildman–Crippen LogP) is 7.00. The number of unbranched alkanes of at least 4 members (excludes halogenated alkanes) is 2. The molecular formula is C26H36O. The van der Waals surface area contributed by atoms with Crippen LogP contribution in [-0.2, 0) is 4.79 Å². The van der Waals surface area contributed by atoms with E-state index in [0.29, 0.717) is 18.8 Å². The summed E-state index contributed by atoms with van der Waals surface area (Å²) in [5.74, 6) is 8.82. The molecule has 0 bridgehead atoms. The summed E-state index contributed by atoms with van der Waals surface area (Å²) in [6.07, 6.45) is 33.4. The van der Waals surface area contributed by atoms with Gasteiger partial charge in [0.25, 0.3) is 0 Å². The molecular weight excluding hydrogens is 328 g/mol. The van der Waals surface area contributed by atoms with Crippen LogP contribution < -0.4 is 0 Å². The van der Waals surface area contributed by atoms with Crippen molar-refractivity contribution in [2.24, 2.45) is 5.92 Å². The van der Waals surface area contributed by atoms with Crippen LogP contribution in [0.1, 0.15) is 65.7 Å². The molecule has 0 heterocycles.